The lowest BCUT2D eigenvalue weighted by atomic mass is 10.1. The third kappa shape index (κ3) is 8.76. The Morgan fingerprint density at radius 1 is 0.593 bits per heavy atom. The zero-order chi connectivity index (χ0) is 19.2. The van der Waals surface area contributed by atoms with E-state index in [1.54, 1.807) is 0 Å². The van der Waals surface area contributed by atoms with Crippen LogP contribution in [-0.2, 0) is 16.5 Å². The molecule has 27 heavy (non-hydrogen) atoms. The Bertz CT molecular complexity index is 586. The first-order valence-electron chi connectivity index (χ1n) is 10.5. The minimum Gasteiger partial charge on any atom is -0.237 e. The summed E-state index contributed by atoms with van der Waals surface area (Å²) in [5, 5.41) is 0. The van der Waals surface area contributed by atoms with Crippen LogP contribution in [0.4, 0.5) is 0 Å². The molecule has 2 aromatic carbocycles. The van der Waals surface area contributed by atoms with Crippen LogP contribution in [0.1, 0.15) is 76.3 Å². The quantitative estimate of drug-likeness (QED) is 0.231. The van der Waals surface area contributed by atoms with Crippen LogP contribution in [0.25, 0.3) is 0 Å². The second-order valence-corrected chi connectivity index (χ2v) is 8.83. The van der Waals surface area contributed by atoms with Gasteiger partial charge in [0, 0.05) is 33.9 Å². The molecule has 0 radical (unpaired) electrons. The molecule has 0 aliphatic carbocycles. The largest absolute Gasteiger partial charge is 0.237 e. The van der Waals surface area contributed by atoms with Crippen molar-refractivity contribution in [3.8, 4) is 0 Å². The summed E-state index contributed by atoms with van der Waals surface area (Å²) >= 11 is 3.02. The smallest absolute Gasteiger partial charge is 0.0450 e. The molecular weight excluding hydrogens is 368 g/mol. The Balaban J connectivity index is 1.84. The molecule has 0 atom stereocenters. The van der Waals surface area contributed by atoms with Gasteiger partial charge in [0.2, 0.25) is 0 Å². The van der Waals surface area contributed by atoms with Gasteiger partial charge in [-0.1, -0.05) is 88.8 Å². The van der Waals surface area contributed by atoms with E-state index in [1.807, 2.05) is 0 Å². The molecule has 0 aliphatic rings. The second-order valence-electron chi connectivity index (χ2n) is 7.07. The van der Waals surface area contributed by atoms with E-state index in [0.717, 1.165) is 12.8 Å². The lowest BCUT2D eigenvalue weighted by Crippen LogP contribution is -1.90. The fraction of sp³-hybridized carbons (Fsp3) is 0.500. The molecule has 0 saturated carbocycles. The molecule has 0 N–H and O–H groups in total. The molecule has 0 fully saturated rings. The summed E-state index contributed by atoms with van der Waals surface area (Å²) < 4.78 is 5.98. The summed E-state index contributed by atoms with van der Waals surface area (Å²) in [7, 11) is 0. The molecule has 0 bridgehead atoms. The molecule has 0 spiro atoms. The van der Waals surface area contributed by atoms with Crippen LogP contribution < -0.4 is 0 Å². The predicted octanol–water partition coefficient (Wildman–Crippen LogP) is 8.66. The van der Waals surface area contributed by atoms with Gasteiger partial charge in [-0.15, -0.1) is 0 Å². The fourth-order valence-corrected chi connectivity index (χ4v) is 4.70. The van der Waals surface area contributed by atoms with Crippen LogP contribution >= 0.6 is 24.1 Å². The van der Waals surface area contributed by atoms with E-state index in [2.05, 4.69) is 62.4 Å². The van der Waals surface area contributed by atoms with E-state index in [-0.39, 0.29) is 0 Å². The van der Waals surface area contributed by atoms with Crippen LogP contribution in [0.15, 0.2) is 58.3 Å². The number of benzene rings is 2. The van der Waals surface area contributed by atoms with Gasteiger partial charge >= 0.3 is 0 Å². The van der Waals surface area contributed by atoms with Crippen LogP contribution in [0.2, 0.25) is 0 Å². The van der Waals surface area contributed by atoms with Gasteiger partial charge < -0.3 is 0 Å². The lowest BCUT2D eigenvalue weighted by Gasteiger charge is -2.10. The maximum Gasteiger partial charge on any atom is 0.0450 e. The molecule has 2 rings (SSSR count). The van der Waals surface area contributed by atoms with Crippen molar-refractivity contribution in [3.63, 3.8) is 0 Å². The topological polar surface area (TPSA) is 9.23 Å². The number of aryl methyl sites for hydroxylation is 2. The lowest BCUT2D eigenvalue weighted by molar-refractivity contribution is 0.661. The molecule has 3 heteroatoms. The summed E-state index contributed by atoms with van der Waals surface area (Å²) in [6, 6.07) is 17.3. The van der Waals surface area contributed by atoms with Gasteiger partial charge in [0.25, 0.3) is 0 Å². The number of hydrogen-bond donors (Lipinski definition) is 0. The molecule has 0 aliphatic heterocycles. The van der Waals surface area contributed by atoms with Crippen molar-refractivity contribution in [1.82, 2.24) is 0 Å². The third-order valence-corrected chi connectivity index (χ3v) is 6.49. The average Bonchev–Trinajstić information content (AvgIpc) is 2.70. The maximum absolute atomic E-state index is 5.98. The average molecular weight is 403 g/mol. The number of unbranched alkanes of at least 4 members (excludes halogenated alkanes) is 6. The predicted molar refractivity (Wildman–Crippen MR) is 121 cm³/mol. The zero-order valence-electron chi connectivity index (χ0n) is 16.9. The molecule has 0 saturated heterocycles. The van der Waals surface area contributed by atoms with E-state index >= 15 is 0 Å². The molecule has 0 aromatic heterocycles. The van der Waals surface area contributed by atoms with Gasteiger partial charge in [-0.25, -0.2) is 3.63 Å². The minimum absolute atomic E-state index is 1.14. The van der Waals surface area contributed by atoms with Gasteiger partial charge in [0.1, 0.15) is 0 Å². The Morgan fingerprint density at radius 3 is 1.48 bits per heavy atom. The van der Waals surface area contributed by atoms with Crippen LogP contribution in [0.3, 0.4) is 0 Å². The van der Waals surface area contributed by atoms with Crippen molar-refractivity contribution in [2.75, 3.05) is 0 Å². The van der Waals surface area contributed by atoms with Crippen molar-refractivity contribution in [3.05, 3.63) is 59.7 Å². The summed E-state index contributed by atoms with van der Waals surface area (Å²) in [5.41, 5.74) is 2.82. The molecule has 148 valence electrons. The van der Waals surface area contributed by atoms with Crippen molar-refractivity contribution in [1.29, 1.82) is 0 Å². The Labute approximate surface area is 175 Å². The molecule has 0 amide bonds. The summed E-state index contributed by atoms with van der Waals surface area (Å²) in [6.07, 6.45) is 12.7. The van der Waals surface area contributed by atoms with Gasteiger partial charge in [-0.05, 0) is 48.9 Å². The Kier molecular flexibility index (Phi) is 11.7. The van der Waals surface area contributed by atoms with Crippen molar-refractivity contribution >= 4 is 24.1 Å². The number of hydrogen-bond acceptors (Lipinski definition) is 3. The highest BCUT2D eigenvalue weighted by molar-refractivity contribution is 8.08. The highest BCUT2D eigenvalue weighted by Crippen LogP contribution is 2.34. The van der Waals surface area contributed by atoms with E-state index in [1.165, 1.54) is 96.4 Å². The summed E-state index contributed by atoms with van der Waals surface area (Å²) in [4.78, 5) is 2.50. The highest BCUT2D eigenvalue weighted by atomic mass is 32.2. The summed E-state index contributed by atoms with van der Waals surface area (Å²) in [5.74, 6) is 0. The van der Waals surface area contributed by atoms with Crippen LogP contribution in [-0.4, -0.2) is 0 Å². The first kappa shape index (κ1) is 22.4. The molecule has 2 aromatic rings. The SMILES string of the molecule is CCCCCCc1ccccc1SOSc1ccccc1CCCCCC. The van der Waals surface area contributed by atoms with Gasteiger partial charge in [0.05, 0.1) is 0 Å². The van der Waals surface area contributed by atoms with Crippen molar-refractivity contribution < 1.29 is 3.63 Å². The number of rotatable bonds is 14. The minimum atomic E-state index is 1.14. The molecular formula is C24H34OS2. The van der Waals surface area contributed by atoms with Gasteiger partial charge in [-0.3, -0.25) is 0 Å². The van der Waals surface area contributed by atoms with E-state index in [0.29, 0.717) is 0 Å². The molecule has 0 heterocycles. The monoisotopic (exact) mass is 402 g/mol. The highest BCUT2D eigenvalue weighted by Gasteiger charge is 2.07. The molecule has 0 unspecified atom stereocenters. The normalized spacial score (nSPS) is 11.0. The van der Waals surface area contributed by atoms with Gasteiger partial charge in [-0.2, -0.15) is 0 Å². The maximum atomic E-state index is 5.98. The zero-order valence-corrected chi connectivity index (χ0v) is 18.5. The van der Waals surface area contributed by atoms with E-state index in [9.17, 15) is 0 Å². The van der Waals surface area contributed by atoms with Crippen LogP contribution in [0.5, 0.6) is 0 Å². The Morgan fingerprint density at radius 2 is 1.04 bits per heavy atom. The first-order valence-corrected chi connectivity index (χ1v) is 12.0. The van der Waals surface area contributed by atoms with Crippen molar-refractivity contribution in [2.45, 2.75) is 87.8 Å². The fourth-order valence-electron chi connectivity index (χ4n) is 3.16. The third-order valence-electron chi connectivity index (χ3n) is 4.79. The van der Waals surface area contributed by atoms with E-state index in [4.69, 9.17) is 3.63 Å². The van der Waals surface area contributed by atoms with E-state index < -0.39 is 0 Å². The Hall–Kier alpha value is -0.900. The summed E-state index contributed by atoms with van der Waals surface area (Å²) in [6.45, 7) is 4.52. The molecule has 1 nitrogen and oxygen atoms in total. The van der Waals surface area contributed by atoms with Gasteiger partial charge in [0.15, 0.2) is 0 Å². The standard InChI is InChI=1S/C24H34OS2/c1-3-5-7-9-15-21-17-11-13-19-23(21)26-25-27-24-20-14-12-18-22(24)16-10-8-6-4-2/h11-14,17-20H,3-10,15-16H2,1-2H3. The first-order chi connectivity index (χ1) is 13.3. The van der Waals surface area contributed by atoms with Crippen molar-refractivity contribution in [2.24, 2.45) is 0 Å². The second kappa shape index (κ2) is 14.1. The van der Waals surface area contributed by atoms with Crippen LogP contribution in [0, 0.1) is 0 Å².